The first kappa shape index (κ1) is 13.1. The standard InChI is InChI=1S/C19H16O3/c1-10(2)12-5-4-6-14-13(12)7-8-15-17(14)22-19(20)16-11(3)9-21-18(15)16/h4-10H,1-3H3. The number of hydrogen-bond donors (Lipinski definition) is 0. The van der Waals surface area contributed by atoms with Crippen LogP contribution in [0.15, 0.2) is 50.2 Å². The molecule has 3 heteroatoms. The summed E-state index contributed by atoms with van der Waals surface area (Å²) in [7, 11) is 0. The normalized spacial score (nSPS) is 12.0. The lowest BCUT2D eigenvalue weighted by molar-refractivity contribution is 0.567. The molecule has 0 saturated heterocycles. The van der Waals surface area contributed by atoms with Crippen LogP contribution in [-0.2, 0) is 0 Å². The molecule has 110 valence electrons. The number of fused-ring (bicyclic) bond motifs is 5. The fraction of sp³-hybridized carbons (Fsp3) is 0.211. The van der Waals surface area contributed by atoms with E-state index in [1.165, 1.54) is 5.56 Å². The van der Waals surface area contributed by atoms with Crippen molar-refractivity contribution in [3.8, 4) is 0 Å². The van der Waals surface area contributed by atoms with Crippen molar-refractivity contribution in [2.24, 2.45) is 0 Å². The number of furan rings is 1. The van der Waals surface area contributed by atoms with Crippen molar-refractivity contribution in [2.45, 2.75) is 26.7 Å². The van der Waals surface area contributed by atoms with Gasteiger partial charge in [-0.1, -0.05) is 38.1 Å². The highest BCUT2D eigenvalue weighted by Crippen LogP contribution is 2.34. The average molecular weight is 292 g/mol. The van der Waals surface area contributed by atoms with Gasteiger partial charge in [-0.25, -0.2) is 4.79 Å². The molecular weight excluding hydrogens is 276 g/mol. The van der Waals surface area contributed by atoms with Crippen LogP contribution in [-0.4, -0.2) is 0 Å². The third kappa shape index (κ3) is 1.65. The SMILES string of the molecule is Cc1coc2c1c(=O)oc1c3cccc(C(C)C)c3ccc21. The van der Waals surface area contributed by atoms with Gasteiger partial charge in [0.25, 0.3) is 0 Å². The van der Waals surface area contributed by atoms with Gasteiger partial charge in [-0.15, -0.1) is 0 Å². The third-order valence-corrected chi connectivity index (χ3v) is 4.29. The van der Waals surface area contributed by atoms with E-state index in [-0.39, 0.29) is 5.63 Å². The monoisotopic (exact) mass is 292 g/mol. The minimum Gasteiger partial charge on any atom is -0.463 e. The highest BCUT2D eigenvalue weighted by molar-refractivity contribution is 6.13. The van der Waals surface area contributed by atoms with Crippen molar-refractivity contribution in [3.63, 3.8) is 0 Å². The zero-order valence-electron chi connectivity index (χ0n) is 12.8. The smallest absolute Gasteiger partial charge is 0.347 e. The van der Waals surface area contributed by atoms with E-state index < -0.39 is 0 Å². The topological polar surface area (TPSA) is 43.4 Å². The summed E-state index contributed by atoms with van der Waals surface area (Å²) >= 11 is 0. The van der Waals surface area contributed by atoms with E-state index >= 15 is 0 Å². The van der Waals surface area contributed by atoms with Crippen molar-refractivity contribution in [1.82, 2.24) is 0 Å². The van der Waals surface area contributed by atoms with Gasteiger partial charge in [-0.3, -0.25) is 0 Å². The van der Waals surface area contributed by atoms with Crippen molar-refractivity contribution in [3.05, 3.63) is 58.1 Å². The van der Waals surface area contributed by atoms with Gasteiger partial charge in [0.05, 0.1) is 11.6 Å². The molecule has 0 atom stereocenters. The molecule has 0 aliphatic carbocycles. The molecule has 0 N–H and O–H groups in total. The number of hydrogen-bond acceptors (Lipinski definition) is 3. The first-order valence-electron chi connectivity index (χ1n) is 7.44. The van der Waals surface area contributed by atoms with Crippen LogP contribution in [0.4, 0.5) is 0 Å². The summed E-state index contributed by atoms with van der Waals surface area (Å²) in [5, 5.41) is 3.45. The van der Waals surface area contributed by atoms with E-state index in [1.54, 1.807) is 6.26 Å². The first-order chi connectivity index (χ1) is 10.6. The third-order valence-electron chi connectivity index (χ3n) is 4.29. The Balaban J connectivity index is 2.26. The predicted molar refractivity (Wildman–Crippen MR) is 88.6 cm³/mol. The highest BCUT2D eigenvalue weighted by atomic mass is 16.4. The zero-order valence-corrected chi connectivity index (χ0v) is 12.8. The lowest BCUT2D eigenvalue weighted by Crippen LogP contribution is -2.00. The number of rotatable bonds is 1. The van der Waals surface area contributed by atoms with E-state index in [4.69, 9.17) is 8.83 Å². The lowest BCUT2D eigenvalue weighted by Gasteiger charge is -2.11. The summed E-state index contributed by atoms with van der Waals surface area (Å²) in [6, 6.07) is 10.2. The Morgan fingerprint density at radius 2 is 1.73 bits per heavy atom. The maximum Gasteiger partial charge on any atom is 0.347 e. The van der Waals surface area contributed by atoms with Crippen molar-refractivity contribution >= 4 is 32.7 Å². The number of aryl methyl sites for hydroxylation is 1. The summed E-state index contributed by atoms with van der Waals surface area (Å²) in [6.07, 6.45) is 1.61. The first-order valence-corrected chi connectivity index (χ1v) is 7.44. The van der Waals surface area contributed by atoms with Crippen LogP contribution in [0.2, 0.25) is 0 Å². The summed E-state index contributed by atoms with van der Waals surface area (Å²) in [5.74, 6) is 0.405. The summed E-state index contributed by atoms with van der Waals surface area (Å²) in [4.78, 5) is 12.3. The Kier molecular flexibility index (Phi) is 2.67. The molecule has 3 nitrogen and oxygen atoms in total. The van der Waals surface area contributed by atoms with Crippen LogP contribution >= 0.6 is 0 Å². The second kappa shape index (κ2) is 4.47. The van der Waals surface area contributed by atoms with Gasteiger partial charge in [0.1, 0.15) is 11.0 Å². The van der Waals surface area contributed by atoms with E-state index in [0.29, 0.717) is 22.5 Å². The van der Waals surface area contributed by atoms with Crippen molar-refractivity contribution < 1.29 is 8.83 Å². The Bertz CT molecular complexity index is 1080. The van der Waals surface area contributed by atoms with E-state index in [9.17, 15) is 4.79 Å². The van der Waals surface area contributed by atoms with Crippen molar-refractivity contribution in [1.29, 1.82) is 0 Å². The Labute approximate surface area is 127 Å². The Morgan fingerprint density at radius 3 is 2.50 bits per heavy atom. The average Bonchev–Trinajstić information content (AvgIpc) is 2.89. The minimum atomic E-state index is -0.337. The van der Waals surface area contributed by atoms with E-state index in [2.05, 4.69) is 26.0 Å². The molecule has 22 heavy (non-hydrogen) atoms. The molecule has 0 unspecified atom stereocenters. The van der Waals surface area contributed by atoms with Gasteiger partial charge in [-0.05, 0) is 29.9 Å². The fourth-order valence-electron chi connectivity index (χ4n) is 3.19. The summed E-state index contributed by atoms with van der Waals surface area (Å²) < 4.78 is 11.3. The molecule has 0 fully saturated rings. The second-order valence-corrected chi connectivity index (χ2v) is 6.05. The quantitative estimate of drug-likeness (QED) is 0.361. The molecule has 0 radical (unpaired) electrons. The molecule has 0 aliphatic rings. The van der Waals surface area contributed by atoms with Crippen molar-refractivity contribution in [2.75, 3.05) is 0 Å². The zero-order chi connectivity index (χ0) is 15.4. The van der Waals surface area contributed by atoms with Crippen LogP contribution in [0.5, 0.6) is 0 Å². The minimum absolute atomic E-state index is 0.337. The molecular formula is C19H16O3. The largest absolute Gasteiger partial charge is 0.463 e. The molecule has 4 rings (SSSR count). The van der Waals surface area contributed by atoms with Gasteiger partial charge in [0.15, 0.2) is 5.58 Å². The molecule has 2 aromatic heterocycles. The lowest BCUT2D eigenvalue weighted by atomic mass is 9.95. The van der Waals surface area contributed by atoms with Crippen LogP contribution in [0.1, 0.15) is 30.9 Å². The van der Waals surface area contributed by atoms with Gasteiger partial charge >= 0.3 is 5.63 Å². The summed E-state index contributed by atoms with van der Waals surface area (Å²) in [6.45, 7) is 6.18. The van der Waals surface area contributed by atoms with Gasteiger partial charge in [0, 0.05) is 10.9 Å². The van der Waals surface area contributed by atoms with Gasteiger partial charge < -0.3 is 8.83 Å². The van der Waals surface area contributed by atoms with E-state index in [0.717, 1.165) is 21.7 Å². The maximum atomic E-state index is 12.3. The molecule has 4 aromatic rings. The molecule has 2 heterocycles. The predicted octanol–water partition coefficient (Wildman–Crippen LogP) is 5.12. The Hall–Kier alpha value is -2.55. The van der Waals surface area contributed by atoms with Gasteiger partial charge in [-0.2, -0.15) is 0 Å². The molecule has 0 amide bonds. The Morgan fingerprint density at radius 1 is 0.955 bits per heavy atom. The molecule has 0 bridgehead atoms. The number of benzene rings is 2. The molecule has 0 spiro atoms. The molecule has 0 saturated carbocycles. The molecule has 2 aromatic carbocycles. The molecule has 0 aliphatic heterocycles. The maximum absolute atomic E-state index is 12.3. The van der Waals surface area contributed by atoms with Crippen LogP contribution in [0, 0.1) is 6.92 Å². The van der Waals surface area contributed by atoms with E-state index in [1.807, 2.05) is 25.1 Å². The second-order valence-electron chi connectivity index (χ2n) is 6.05. The van der Waals surface area contributed by atoms with Gasteiger partial charge in [0.2, 0.25) is 0 Å². The highest BCUT2D eigenvalue weighted by Gasteiger charge is 2.16. The fourth-order valence-corrected chi connectivity index (χ4v) is 3.19. The van der Waals surface area contributed by atoms with Crippen LogP contribution < -0.4 is 5.63 Å². The van der Waals surface area contributed by atoms with Crippen LogP contribution in [0.3, 0.4) is 0 Å². The van der Waals surface area contributed by atoms with Crippen LogP contribution in [0.25, 0.3) is 32.7 Å². The summed E-state index contributed by atoms with van der Waals surface area (Å²) in [5.41, 5.74) is 2.93.